The summed E-state index contributed by atoms with van der Waals surface area (Å²) in [6.45, 7) is 1.20. The van der Waals surface area contributed by atoms with Gasteiger partial charge in [-0.2, -0.15) is 0 Å². The van der Waals surface area contributed by atoms with Crippen LogP contribution in [0.25, 0.3) is 0 Å². The zero-order chi connectivity index (χ0) is 5.15. The molecule has 1 atom stereocenters. The van der Waals surface area contributed by atoms with Crippen LogP contribution in [0.5, 0.6) is 0 Å². The summed E-state index contributed by atoms with van der Waals surface area (Å²) in [5.41, 5.74) is 0. The van der Waals surface area contributed by atoms with Crippen LogP contribution in [0.4, 0.5) is 0 Å². The van der Waals surface area contributed by atoms with Crippen LogP contribution < -0.4 is 29.6 Å². The molecule has 0 saturated carbocycles. The fourth-order valence-electron chi connectivity index (χ4n) is 0. The van der Waals surface area contributed by atoms with E-state index in [1.54, 1.807) is 0 Å². The Morgan fingerprint density at radius 3 is 1.88 bits per heavy atom. The van der Waals surface area contributed by atoms with Gasteiger partial charge < -0.3 is 11.6 Å². The first-order valence-electron chi connectivity index (χ1n) is 1.55. The van der Waals surface area contributed by atoms with E-state index in [1.807, 2.05) is 0 Å². The Labute approximate surface area is 84.0 Å². The third-order valence-electron chi connectivity index (χ3n) is 0.357. The summed E-state index contributed by atoms with van der Waals surface area (Å²) in [6, 6.07) is 0. The minimum absolute atomic E-state index is 0. The number of carboxylic acid groups (broad SMARTS) is 1. The maximum Gasteiger partial charge on any atom is 1.00 e. The minimum Gasteiger partial charge on any atom is -1.00 e. The summed E-state index contributed by atoms with van der Waals surface area (Å²) >= 11 is 0. The second-order valence-corrected chi connectivity index (χ2v) is 1.01. The van der Waals surface area contributed by atoms with Gasteiger partial charge in [0.15, 0.2) is 0 Å². The Morgan fingerprint density at radius 1 is 1.75 bits per heavy atom. The van der Waals surface area contributed by atoms with E-state index in [0.717, 1.165) is 0 Å². The van der Waals surface area contributed by atoms with Gasteiger partial charge in [0.25, 0.3) is 0 Å². The van der Waals surface area contributed by atoms with E-state index < -0.39 is 12.1 Å². The third-order valence-corrected chi connectivity index (χ3v) is 0.357. The fraction of sp³-hybridized carbons (Fsp3) is 0.667. The molecule has 0 rings (SSSR count). The summed E-state index contributed by atoms with van der Waals surface area (Å²) in [4.78, 5) is 9.45. The SMILES string of the molecule is CC(O)C(=O)O.[H-].[Na+].[Zn]. The van der Waals surface area contributed by atoms with Gasteiger partial charge in [0, 0.05) is 19.5 Å². The molecule has 8 heavy (non-hydrogen) atoms. The van der Waals surface area contributed by atoms with Gasteiger partial charge in [0.05, 0.1) is 0 Å². The Hall–Kier alpha value is 1.05. The molecule has 40 valence electrons. The fourth-order valence-corrected chi connectivity index (χ4v) is 0. The third kappa shape index (κ3) is 10.1. The Bertz CT molecular complexity index is 70.1. The number of rotatable bonds is 1. The summed E-state index contributed by atoms with van der Waals surface area (Å²) in [7, 11) is 0. The molecule has 0 aromatic heterocycles. The number of aliphatic carboxylic acids is 1. The number of aliphatic hydroxyl groups is 1. The van der Waals surface area contributed by atoms with Crippen LogP contribution in [0.1, 0.15) is 8.35 Å². The molecule has 0 aliphatic heterocycles. The van der Waals surface area contributed by atoms with Crippen LogP contribution in [0, 0.1) is 0 Å². The average Bonchev–Trinajstić information content (AvgIpc) is 1.36. The second kappa shape index (κ2) is 8.05. The van der Waals surface area contributed by atoms with Crippen LogP contribution in [0.15, 0.2) is 0 Å². The normalized spacial score (nSPS) is 10.2. The molecule has 0 aromatic carbocycles. The van der Waals surface area contributed by atoms with E-state index in [4.69, 9.17) is 10.2 Å². The van der Waals surface area contributed by atoms with E-state index in [-0.39, 0.29) is 50.5 Å². The van der Waals surface area contributed by atoms with Crippen molar-refractivity contribution in [3.63, 3.8) is 0 Å². The molecule has 0 heterocycles. The van der Waals surface area contributed by atoms with Crippen molar-refractivity contribution in [2.75, 3.05) is 0 Å². The molecule has 0 aromatic rings. The van der Waals surface area contributed by atoms with E-state index in [0.29, 0.717) is 0 Å². The zero-order valence-electron chi connectivity index (χ0n) is 6.09. The van der Waals surface area contributed by atoms with Crippen molar-refractivity contribution >= 4 is 5.97 Å². The molecule has 0 aliphatic carbocycles. The smallest absolute Gasteiger partial charge is 1.00 e. The van der Waals surface area contributed by atoms with Crippen LogP contribution in [0.3, 0.4) is 0 Å². The van der Waals surface area contributed by atoms with Crippen molar-refractivity contribution in [1.29, 1.82) is 0 Å². The number of hydrogen-bond acceptors (Lipinski definition) is 2. The van der Waals surface area contributed by atoms with Crippen molar-refractivity contribution < 1.29 is 65.5 Å². The van der Waals surface area contributed by atoms with Gasteiger partial charge in [-0.15, -0.1) is 0 Å². The first-order valence-corrected chi connectivity index (χ1v) is 1.55. The Morgan fingerprint density at radius 2 is 1.88 bits per heavy atom. The van der Waals surface area contributed by atoms with Crippen molar-refractivity contribution in [2.24, 2.45) is 0 Å². The van der Waals surface area contributed by atoms with Gasteiger partial charge in [0.2, 0.25) is 0 Å². The summed E-state index contributed by atoms with van der Waals surface area (Å²) in [6.07, 6.45) is -1.23. The standard InChI is InChI=1S/C3H6O3.Na.Zn.H/c1-2(4)3(5)6;;;/h2,4H,1H3,(H,5,6);;;/q;+1;;-1. The van der Waals surface area contributed by atoms with Crippen LogP contribution in [-0.4, -0.2) is 22.3 Å². The molecule has 3 nitrogen and oxygen atoms in total. The topological polar surface area (TPSA) is 57.5 Å². The quantitative estimate of drug-likeness (QED) is 0.412. The molecular formula is C3H7NaO3Zn. The summed E-state index contributed by atoms with van der Waals surface area (Å²) in [5.74, 6) is -1.19. The molecule has 0 radical (unpaired) electrons. The molecule has 5 heteroatoms. The van der Waals surface area contributed by atoms with E-state index in [1.165, 1.54) is 6.92 Å². The molecule has 0 fully saturated rings. The summed E-state index contributed by atoms with van der Waals surface area (Å²) in [5, 5.41) is 15.8. The van der Waals surface area contributed by atoms with Gasteiger partial charge in [-0.05, 0) is 6.92 Å². The van der Waals surface area contributed by atoms with Crippen molar-refractivity contribution in [2.45, 2.75) is 13.0 Å². The van der Waals surface area contributed by atoms with E-state index >= 15 is 0 Å². The summed E-state index contributed by atoms with van der Waals surface area (Å²) < 4.78 is 0. The first kappa shape index (κ1) is 16.0. The average molecular weight is 179 g/mol. The Kier molecular flexibility index (Phi) is 16.1. The van der Waals surface area contributed by atoms with Crippen molar-refractivity contribution in [3.05, 3.63) is 0 Å². The van der Waals surface area contributed by atoms with Crippen molar-refractivity contribution in [3.8, 4) is 0 Å². The van der Waals surface area contributed by atoms with Gasteiger partial charge in [-0.3, -0.25) is 0 Å². The molecule has 0 saturated heterocycles. The van der Waals surface area contributed by atoms with Crippen LogP contribution >= 0.6 is 0 Å². The van der Waals surface area contributed by atoms with Gasteiger partial charge in [-0.1, -0.05) is 0 Å². The maximum absolute atomic E-state index is 9.45. The molecule has 0 bridgehead atoms. The van der Waals surface area contributed by atoms with Crippen LogP contribution in [0.2, 0.25) is 0 Å². The van der Waals surface area contributed by atoms with Crippen LogP contribution in [-0.2, 0) is 24.3 Å². The van der Waals surface area contributed by atoms with E-state index in [2.05, 4.69) is 0 Å². The molecule has 2 N–H and O–H groups in total. The number of aliphatic hydroxyl groups excluding tert-OH is 1. The predicted molar refractivity (Wildman–Crippen MR) is 20.4 cm³/mol. The molecule has 0 aliphatic rings. The molecule has 0 amide bonds. The Balaban J connectivity index is -0.0000000417. The van der Waals surface area contributed by atoms with Gasteiger partial charge >= 0.3 is 35.5 Å². The zero-order valence-corrected chi connectivity index (χ0v) is 10.1. The predicted octanol–water partition coefficient (Wildman–Crippen LogP) is -3.43. The number of hydrogen-bond donors (Lipinski definition) is 2. The minimum atomic E-state index is -1.23. The molecule has 1 unspecified atom stereocenters. The van der Waals surface area contributed by atoms with Gasteiger partial charge in [-0.25, -0.2) is 4.79 Å². The molecular weight excluding hydrogens is 172 g/mol. The molecule has 0 spiro atoms. The van der Waals surface area contributed by atoms with Crippen molar-refractivity contribution in [1.82, 2.24) is 0 Å². The first-order chi connectivity index (χ1) is 2.64. The maximum atomic E-state index is 9.45. The number of carboxylic acids is 1. The number of carbonyl (C=O) groups is 1. The van der Waals surface area contributed by atoms with E-state index in [9.17, 15) is 4.79 Å². The largest absolute Gasteiger partial charge is 1.00 e. The monoisotopic (exact) mass is 178 g/mol. The second-order valence-electron chi connectivity index (χ2n) is 1.01. The van der Waals surface area contributed by atoms with Gasteiger partial charge in [0.1, 0.15) is 6.10 Å².